The zero-order valence-corrected chi connectivity index (χ0v) is 17.5. The molecule has 1 aliphatic heterocycles. The molecule has 34 heavy (non-hydrogen) atoms. The average molecular weight is 476 g/mol. The lowest BCUT2D eigenvalue weighted by atomic mass is 10.0. The van der Waals surface area contributed by atoms with Crippen LogP contribution in [0.2, 0.25) is 0 Å². The van der Waals surface area contributed by atoms with E-state index in [2.05, 4.69) is 9.97 Å². The molecule has 1 aliphatic rings. The summed E-state index contributed by atoms with van der Waals surface area (Å²) in [4.78, 5) is 22.3. The molecule has 3 aromatic heterocycles. The van der Waals surface area contributed by atoms with Crippen LogP contribution in [0.15, 0.2) is 61.1 Å². The Morgan fingerprint density at radius 1 is 1.09 bits per heavy atom. The predicted molar refractivity (Wildman–Crippen MR) is 112 cm³/mol. The van der Waals surface area contributed by atoms with Crippen molar-refractivity contribution in [2.45, 2.75) is 24.6 Å². The minimum atomic E-state index is -4.83. The molecule has 1 atom stereocenters. The van der Waals surface area contributed by atoms with E-state index in [-0.39, 0.29) is 11.5 Å². The van der Waals surface area contributed by atoms with Gasteiger partial charge in [-0.05, 0) is 18.2 Å². The van der Waals surface area contributed by atoms with Crippen LogP contribution in [0.3, 0.4) is 0 Å². The maximum atomic E-state index is 14.7. The van der Waals surface area contributed by atoms with Crippen molar-refractivity contribution in [3.05, 3.63) is 72.2 Å². The number of imidazole rings is 1. The molecule has 4 heterocycles. The lowest BCUT2D eigenvalue weighted by Crippen LogP contribution is -2.55. The molecule has 1 amide bonds. The standard InChI is InChI=1S/C23H17F5N4O2/c24-22(25)8-11-32(13-17(22)34-18-6-5-14-3-1-2-4-16(14)30-18)21(33)19-15(23(26,27)28)7-10-31-12-9-29-20(19)31/h1-7,9-10,12,17H,8,11,13H2/t17-/m0/s1. The van der Waals surface area contributed by atoms with Gasteiger partial charge in [-0.3, -0.25) is 4.79 Å². The largest absolute Gasteiger partial charge is 0.466 e. The molecule has 1 fully saturated rings. The molecule has 0 N–H and O–H groups in total. The van der Waals surface area contributed by atoms with E-state index in [0.717, 1.165) is 22.5 Å². The van der Waals surface area contributed by atoms with Crippen molar-refractivity contribution in [1.82, 2.24) is 19.3 Å². The number of carbonyl (C=O) groups excluding carboxylic acids is 1. The van der Waals surface area contributed by atoms with Crippen molar-refractivity contribution in [2.24, 2.45) is 0 Å². The van der Waals surface area contributed by atoms with Gasteiger partial charge < -0.3 is 14.0 Å². The van der Waals surface area contributed by atoms with Gasteiger partial charge in [0, 0.05) is 43.0 Å². The number of halogens is 5. The van der Waals surface area contributed by atoms with Crippen LogP contribution in [0, 0.1) is 0 Å². The fourth-order valence-corrected chi connectivity index (χ4v) is 4.03. The Labute approximate surface area is 189 Å². The maximum Gasteiger partial charge on any atom is 0.417 e. The van der Waals surface area contributed by atoms with Gasteiger partial charge in [0.15, 0.2) is 6.10 Å². The van der Waals surface area contributed by atoms with Crippen LogP contribution in [0.4, 0.5) is 22.0 Å². The predicted octanol–water partition coefficient (Wildman–Crippen LogP) is 4.83. The van der Waals surface area contributed by atoms with E-state index in [1.165, 1.54) is 22.9 Å². The molecule has 5 rings (SSSR count). The summed E-state index contributed by atoms with van der Waals surface area (Å²) in [5.74, 6) is -4.42. The third kappa shape index (κ3) is 3.91. The monoisotopic (exact) mass is 476 g/mol. The van der Waals surface area contributed by atoms with E-state index >= 15 is 0 Å². The van der Waals surface area contributed by atoms with Gasteiger partial charge in [0.1, 0.15) is 5.65 Å². The first kappa shape index (κ1) is 22.1. The number of para-hydroxylation sites is 1. The average Bonchev–Trinajstić information content (AvgIpc) is 3.27. The molecule has 0 saturated carbocycles. The van der Waals surface area contributed by atoms with E-state index in [4.69, 9.17) is 4.74 Å². The summed E-state index contributed by atoms with van der Waals surface area (Å²) in [6.45, 7) is -1.05. The Bertz CT molecular complexity index is 1380. The number of nitrogens with zero attached hydrogens (tertiary/aromatic N) is 4. The number of pyridine rings is 2. The van der Waals surface area contributed by atoms with Crippen molar-refractivity contribution < 1.29 is 31.5 Å². The Morgan fingerprint density at radius 2 is 1.88 bits per heavy atom. The number of aromatic nitrogens is 3. The number of fused-ring (bicyclic) bond motifs is 2. The fourth-order valence-electron chi connectivity index (χ4n) is 4.03. The lowest BCUT2D eigenvalue weighted by molar-refractivity contribution is -0.139. The van der Waals surface area contributed by atoms with Gasteiger partial charge in [-0.1, -0.05) is 18.2 Å². The number of carbonyl (C=O) groups is 1. The SMILES string of the molecule is O=C(c1c(C(F)(F)F)ccn2ccnc12)N1CCC(F)(F)[C@@H](Oc2ccc3ccccc3n2)C1. The molecule has 11 heteroatoms. The molecule has 0 radical (unpaired) electrons. The molecule has 0 spiro atoms. The van der Waals surface area contributed by atoms with Gasteiger partial charge in [0.25, 0.3) is 11.8 Å². The van der Waals surface area contributed by atoms with E-state index < -0.39 is 54.7 Å². The van der Waals surface area contributed by atoms with Crippen molar-refractivity contribution in [3.8, 4) is 5.88 Å². The summed E-state index contributed by atoms with van der Waals surface area (Å²) in [7, 11) is 0. The minimum Gasteiger partial charge on any atom is -0.466 e. The van der Waals surface area contributed by atoms with E-state index in [1.54, 1.807) is 30.3 Å². The smallest absolute Gasteiger partial charge is 0.417 e. The summed E-state index contributed by atoms with van der Waals surface area (Å²) in [5, 5.41) is 0.787. The highest BCUT2D eigenvalue weighted by Crippen LogP contribution is 2.36. The Balaban J connectivity index is 1.46. The second-order valence-corrected chi connectivity index (χ2v) is 7.97. The molecular formula is C23H17F5N4O2. The molecule has 0 unspecified atom stereocenters. The highest BCUT2D eigenvalue weighted by atomic mass is 19.4. The topological polar surface area (TPSA) is 59.7 Å². The van der Waals surface area contributed by atoms with E-state index in [0.29, 0.717) is 5.52 Å². The van der Waals surface area contributed by atoms with Crippen molar-refractivity contribution in [3.63, 3.8) is 0 Å². The van der Waals surface area contributed by atoms with Crippen LogP contribution in [0.1, 0.15) is 22.3 Å². The van der Waals surface area contributed by atoms with Crippen molar-refractivity contribution in [1.29, 1.82) is 0 Å². The Kier molecular flexibility index (Phi) is 5.14. The van der Waals surface area contributed by atoms with Crippen LogP contribution in [-0.2, 0) is 6.18 Å². The summed E-state index contributed by atoms with van der Waals surface area (Å²) >= 11 is 0. The summed E-state index contributed by atoms with van der Waals surface area (Å²) in [6, 6.07) is 10.9. The van der Waals surface area contributed by atoms with E-state index in [9.17, 15) is 26.7 Å². The summed E-state index contributed by atoms with van der Waals surface area (Å²) in [6.07, 6.45) is -3.59. The van der Waals surface area contributed by atoms with Crippen LogP contribution in [0.25, 0.3) is 16.6 Å². The first-order valence-electron chi connectivity index (χ1n) is 10.4. The molecule has 176 valence electrons. The molecule has 0 bridgehead atoms. The fraction of sp³-hybridized carbons (Fsp3) is 0.261. The maximum absolute atomic E-state index is 14.7. The molecule has 0 aliphatic carbocycles. The number of benzene rings is 1. The van der Waals surface area contributed by atoms with Gasteiger partial charge in [-0.25, -0.2) is 18.7 Å². The normalized spacial score (nSPS) is 18.4. The zero-order valence-electron chi connectivity index (χ0n) is 17.5. The van der Waals surface area contributed by atoms with Gasteiger partial charge in [0.2, 0.25) is 5.88 Å². The molecule has 1 aromatic carbocycles. The quantitative estimate of drug-likeness (QED) is 0.398. The first-order chi connectivity index (χ1) is 16.1. The number of hydrogen-bond acceptors (Lipinski definition) is 4. The van der Waals surface area contributed by atoms with Crippen LogP contribution in [0.5, 0.6) is 5.88 Å². The third-order valence-corrected chi connectivity index (χ3v) is 5.78. The van der Waals surface area contributed by atoms with Gasteiger partial charge >= 0.3 is 6.18 Å². The first-order valence-corrected chi connectivity index (χ1v) is 10.4. The van der Waals surface area contributed by atoms with Crippen LogP contribution < -0.4 is 4.74 Å². The second-order valence-electron chi connectivity index (χ2n) is 7.97. The second kappa shape index (κ2) is 7.93. The molecule has 4 aromatic rings. The third-order valence-electron chi connectivity index (χ3n) is 5.78. The van der Waals surface area contributed by atoms with Crippen LogP contribution in [-0.4, -0.2) is 50.3 Å². The zero-order chi connectivity index (χ0) is 24.1. The number of likely N-dealkylation sites (tertiary alicyclic amines) is 1. The number of piperidine rings is 1. The van der Waals surface area contributed by atoms with Gasteiger partial charge in [-0.15, -0.1) is 0 Å². The lowest BCUT2D eigenvalue weighted by Gasteiger charge is -2.38. The van der Waals surface area contributed by atoms with Crippen molar-refractivity contribution >= 4 is 22.5 Å². The van der Waals surface area contributed by atoms with Gasteiger partial charge in [-0.2, -0.15) is 13.2 Å². The van der Waals surface area contributed by atoms with E-state index in [1.807, 2.05) is 0 Å². The van der Waals surface area contributed by atoms with Crippen molar-refractivity contribution in [2.75, 3.05) is 13.1 Å². The van der Waals surface area contributed by atoms with Crippen LogP contribution >= 0.6 is 0 Å². The minimum absolute atomic E-state index is 0.0657. The molecule has 6 nitrogen and oxygen atoms in total. The van der Waals surface area contributed by atoms with Gasteiger partial charge in [0.05, 0.1) is 23.2 Å². The number of rotatable bonds is 3. The number of alkyl halides is 5. The number of ether oxygens (including phenoxy) is 1. The Morgan fingerprint density at radius 3 is 2.68 bits per heavy atom. The number of hydrogen-bond donors (Lipinski definition) is 0. The summed E-state index contributed by atoms with van der Waals surface area (Å²) < 4.78 is 77.1. The summed E-state index contributed by atoms with van der Waals surface area (Å²) in [5.41, 5.74) is -1.53. The molecular weight excluding hydrogens is 459 g/mol. The Hall–Kier alpha value is -3.76. The molecule has 1 saturated heterocycles. The highest BCUT2D eigenvalue weighted by Gasteiger charge is 2.48. The highest BCUT2D eigenvalue weighted by molar-refractivity contribution is 6.01. The number of amides is 1.